The summed E-state index contributed by atoms with van der Waals surface area (Å²) in [4.78, 5) is 0. The van der Waals surface area contributed by atoms with Gasteiger partial charge in [0, 0.05) is 11.6 Å². The molecule has 0 spiro atoms. The number of para-hydroxylation sites is 1. The van der Waals surface area contributed by atoms with Crippen LogP contribution in [0.1, 0.15) is 18.7 Å². The maximum atomic E-state index is 8.67. The van der Waals surface area contributed by atoms with Crippen LogP contribution in [0.4, 0.5) is 0 Å². The predicted octanol–water partition coefficient (Wildman–Crippen LogP) is 3.02. The van der Waals surface area contributed by atoms with Crippen LogP contribution in [0.5, 0.6) is 5.75 Å². The molecule has 0 bridgehead atoms. The van der Waals surface area contributed by atoms with Crippen LogP contribution in [0.15, 0.2) is 40.5 Å². The summed E-state index contributed by atoms with van der Waals surface area (Å²) in [5.41, 5.74) is 0.703. The second kappa shape index (κ2) is 5.81. The number of ether oxygens (including phenoxy) is 1. The highest BCUT2D eigenvalue weighted by Crippen LogP contribution is 2.30. The molecule has 1 aromatic heterocycles. The first kappa shape index (κ1) is 13.5. The molecule has 5 heteroatoms. The number of benzene rings is 1. The first-order valence-corrected chi connectivity index (χ1v) is 6.02. The molecule has 0 fully saturated rings. The van der Waals surface area contributed by atoms with Crippen LogP contribution in [0.2, 0.25) is 0 Å². The number of fused-ring (bicyclic) bond motifs is 1. The Balaban J connectivity index is 2.28. The van der Waals surface area contributed by atoms with Gasteiger partial charge in [-0.15, -0.1) is 0 Å². The number of hydrogen-bond acceptors (Lipinski definition) is 5. The van der Waals surface area contributed by atoms with Crippen LogP contribution in [0.25, 0.3) is 11.0 Å². The number of furan rings is 1. The first-order chi connectivity index (χ1) is 9.69. The van der Waals surface area contributed by atoms with Gasteiger partial charge in [-0.3, -0.25) is 0 Å². The molecule has 0 amide bonds. The van der Waals surface area contributed by atoms with Crippen LogP contribution in [-0.4, -0.2) is 7.11 Å². The molecule has 0 aliphatic carbocycles. The minimum absolute atomic E-state index is 0.0190. The minimum Gasteiger partial charge on any atom is -0.493 e. The Hall–Kier alpha value is -2.92. The number of allylic oxidation sites excluding steroid dienone is 1. The standard InChI is InChI=1S/C15H13N3O2/c1-10(18-9-11(7-16)8-17)14-6-12-4-3-5-13(19-2)15(12)20-14/h3-6,9-10,18H,1-2H3/t10-/m1/s1. The molecule has 2 aromatic rings. The largest absolute Gasteiger partial charge is 0.493 e. The van der Waals surface area contributed by atoms with Crippen molar-refractivity contribution in [2.45, 2.75) is 13.0 Å². The summed E-state index contributed by atoms with van der Waals surface area (Å²) in [6, 6.07) is 11.0. The Kier molecular flexibility index (Phi) is 3.93. The molecule has 0 aliphatic rings. The Morgan fingerprint density at radius 2 is 2.15 bits per heavy atom. The van der Waals surface area contributed by atoms with Crippen LogP contribution in [0.3, 0.4) is 0 Å². The summed E-state index contributed by atoms with van der Waals surface area (Å²) >= 11 is 0. The number of nitriles is 2. The van der Waals surface area contributed by atoms with E-state index in [1.54, 1.807) is 19.2 Å². The van der Waals surface area contributed by atoms with Crippen molar-refractivity contribution in [3.63, 3.8) is 0 Å². The molecule has 0 aliphatic heterocycles. The summed E-state index contributed by atoms with van der Waals surface area (Å²) in [5, 5.41) is 21.2. The molecule has 100 valence electrons. The molecule has 0 unspecified atom stereocenters. The summed E-state index contributed by atoms with van der Waals surface area (Å²) in [6.45, 7) is 1.88. The van der Waals surface area contributed by atoms with E-state index in [0.717, 1.165) is 5.39 Å². The van der Waals surface area contributed by atoms with Gasteiger partial charge in [-0.1, -0.05) is 12.1 Å². The van der Waals surface area contributed by atoms with Crippen molar-refractivity contribution in [1.29, 1.82) is 10.5 Å². The Labute approximate surface area is 116 Å². The van der Waals surface area contributed by atoms with Gasteiger partial charge in [-0.2, -0.15) is 10.5 Å². The lowest BCUT2D eigenvalue weighted by Crippen LogP contribution is -2.11. The summed E-state index contributed by atoms with van der Waals surface area (Å²) < 4.78 is 11.0. The second-order valence-electron chi connectivity index (χ2n) is 4.20. The van der Waals surface area contributed by atoms with Gasteiger partial charge in [0.2, 0.25) is 0 Å². The van der Waals surface area contributed by atoms with E-state index < -0.39 is 0 Å². The zero-order valence-electron chi connectivity index (χ0n) is 11.2. The van der Waals surface area contributed by atoms with Crippen LogP contribution >= 0.6 is 0 Å². The van der Waals surface area contributed by atoms with E-state index in [4.69, 9.17) is 19.7 Å². The van der Waals surface area contributed by atoms with Gasteiger partial charge in [-0.25, -0.2) is 0 Å². The van der Waals surface area contributed by atoms with Crippen molar-refractivity contribution in [1.82, 2.24) is 5.32 Å². The number of hydrogen-bond donors (Lipinski definition) is 1. The molecule has 1 aromatic carbocycles. The molecule has 5 nitrogen and oxygen atoms in total. The number of rotatable bonds is 4. The Morgan fingerprint density at radius 1 is 1.40 bits per heavy atom. The molecular formula is C15H13N3O2. The fourth-order valence-electron chi connectivity index (χ4n) is 1.81. The van der Waals surface area contributed by atoms with Crippen molar-refractivity contribution in [3.05, 3.63) is 41.8 Å². The molecule has 1 N–H and O–H groups in total. The summed E-state index contributed by atoms with van der Waals surface area (Å²) in [7, 11) is 1.59. The predicted molar refractivity (Wildman–Crippen MR) is 73.6 cm³/mol. The van der Waals surface area contributed by atoms with E-state index in [9.17, 15) is 0 Å². The first-order valence-electron chi connectivity index (χ1n) is 6.02. The average Bonchev–Trinajstić information content (AvgIpc) is 2.92. The average molecular weight is 267 g/mol. The van der Waals surface area contributed by atoms with Gasteiger partial charge in [0.15, 0.2) is 11.3 Å². The van der Waals surface area contributed by atoms with E-state index in [1.165, 1.54) is 6.20 Å². The van der Waals surface area contributed by atoms with Crippen LogP contribution < -0.4 is 10.1 Å². The van der Waals surface area contributed by atoms with Gasteiger partial charge in [0.1, 0.15) is 23.5 Å². The zero-order valence-corrected chi connectivity index (χ0v) is 11.2. The third-order valence-electron chi connectivity index (χ3n) is 2.89. The molecule has 0 radical (unpaired) electrons. The normalized spacial score (nSPS) is 11.2. The fraction of sp³-hybridized carbons (Fsp3) is 0.200. The highest BCUT2D eigenvalue weighted by Gasteiger charge is 2.13. The lowest BCUT2D eigenvalue weighted by Gasteiger charge is -2.07. The second-order valence-corrected chi connectivity index (χ2v) is 4.20. The van der Waals surface area contributed by atoms with Gasteiger partial charge >= 0.3 is 0 Å². The number of nitrogens with zero attached hydrogens (tertiary/aromatic N) is 2. The summed E-state index contributed by atoms with van der Waals surface area (Å²) in [6.07, 6.45) is 1.38. The van der Waals surface area contributed by atoms with Crippen LogP contribution in [-0.2, 0) is 0 Å². The minimum atomic E-state index is -0.163. The smallest absolute Gasteiger partial charge is 0.176 e. The van der Waals surface area contributed by atoms with Crippen molar-refractivity contribution in [3.8, 4) is 17.9 Å². The summed E-state index contributed by atoms with van der Waals surface area (Å²) in [5.74, 6) is 1.38. The maximum Gasteiger partial charge on any atom is 0.176 e. The molecule has 1 heterocycles. The lowest BCUT2D eigenvalue weighted by atomic mass is 10.2. The van der Waals surface area contributed by atoms with Crippen molar-refractivity contribution in [2.75, 3.05) is 7.11 Å². The van der Waals surface area contributed by atoms with Gasteiger partial charge in [0.05, 0.1) is 13.2 Å². The van der Waals surface area contributed by atoms with Gasteiger partial charge in [0.25, 0.3) is 0 Å². The van der Waals surface area contributed by atoms with E-state index in [1.807, 2.05) is 31.2 Å². The Morgan fingerprint density at radius 3 is 2.80 bits per heavy atom. The van der Waals surface area contributed by atoms with Crippen molar-refractivity contribution >= 4 is 11.0 Å². The lowest BCUT2D eigenvalue weighted by molar-refractivity contribution is 0.403. The third-order valence-corrected chi connectivity index (χ3v) is 2.89. The molecule has 0 saturated carbocycles. The third kappa shape index (κ3) is 2.57. The maximum absolute atomic E-state index is 8.67. The van der Waals surface area contributed by atoms with E-state index in [-0.39, 0.29) is 11.6 Å². The van der Waals surface area contributed by atoms with Crippen molar-refractivity contribution < 1.29 is 9.15 Å². The Bertz CT molecular complexity index is 716. The van der Waals surface area contributed by atoms with E-state index in [0.29, 0.717) is 17.1 Å². The topological polar surface area (TPSA) is 82.0 Å². The molecule has 0 saturated heterocycles. The molecule has 1 atom stereocenters. The quantitative estimate of drug-likeness (QED) is 0.861. The van der Waals surface area contributed by atoms with E-state index >= 15 is 0 Å². The van der Waals surface area contributed by atoms with E-state index in [2.05, 4.69) is 5.32 Å². The number of nitrogens with one attached hydrogen (secondary N) is 1. The highest BCUT2D eigenvalue weighted by atomic mass is 16.5. The van der Waals surface area contributed by atoms with Crippen molar-refractivity contribution in [2.24, 2.45) is 0 Å². The molecule has 20 heavy (non-hydrogen) atoms. The fourth-order valence-corrected chi connectivity index (χ4v) is 1.81. The molecular weight excluding hydrogens is 254 g/mol. The van der Waals surface area contributed by atoms with Gasteiger partial charge < -0.3 is 14.5 Å². The SMILES string of the molecule is COc1cccc2cc([C@@H](C)NC=C(C#N)C#N)oc12. The zero-order chi connectivity index (χ0) is 14.5. The number of methoxy groups -OCH3 is 1. The molecule has 2 rings (SSSR count). The monoisotopic (exact) mass is 267 g/mol. The highest BCUT2D eigenvalue weighted by molar-refractivity contribution is 5.83. The van der Waals surface area contributed by atoms with Crippen LogP contribution in [0, 0.1) is 22.7 Å². The van der Waals surface area contributed by atoms with Gasteiger partial charge in [-0.05, 0) is 19.1 Å².